The van der Waals surface area contributed by atoms with Crippen molar-refractivity contribution in [3.63, 3.8) is 0 Å². The fourth-order valence-corrected chi connectivity index (χ4v) is 3.65. The summed E-state index contributed by atoms with van der Waals surface area (Å²) < 4.78 is 18.7. The van der Waals surface area contributed by atoms with Gasteiger partial charge in [-0.15, -0.1) is 0 Å². The van der Waals surface area contributed by atoms with Gasteiger partial charge in [0.25, 0.3) is 0 Å². The van der Waals surface area contributed by atoms with Crippen LogP contribution in [-0.4, -0.2) is 48.3 Å². The Balaban J connectivity index is 1.89. The molecule has 0 aromatic heterocycles. The van der Waals surface area contributed by atoms with Crippen LogP contribution in [0.15, 0.2) is 24.3 Å². The van der Waals surface area contributed by atoms with Gasteiger partial charge in [0.15, 0.2) is 0 Å². The van der Waals surface area contributed by atoms with E-state index in [0.717, 1.165) is 12.0 Å². The van der Waals surface area contributed by atoms with E-state index in [9.17, 15) is 14.3 Å². The minimum atomic E-state index is -0.660. The summed E-state index contributed by atoms with van der Waals surface area (Å²) in [6.07, 6.45) is 1.53. The Hall–Kier alpha value is -1.46. The molecule has 4 nitrogen and oxygen atoms in total. The van der Waals surface area contributed by atoms with Gasteiger partial charge in [0.2, 0.25) is 5.91 Å². The lowest BCUT2D eigenvalue weighted by Crippen LogP contribution is -2.54. The number of likely N-dealkylation sites (tertiary alicyclic amines) is 1. The molecule has 1 N–H and O–H groups in total. The fourth-order valence-electron chi connectivity index (χ4n) is 3.65. The first-order valence-electron chi connectivity index (χ1n) is 8.34. The van der Waals surface area contributed by atoms with Crippen LogP contribution >= 0.6 is 0 Å². The Labute approximate surface area is 136 Å². The SMILES string of the molecule is CC1CCN(C(=O)C2(c3ccc(F)cc3)CCOCC2)CC1O. The van der Waals surface area contributed by atoms with Gasteiger partial charge in [-0.2, -0.15) is 0 Å². The maximum Gasteiger partial charge on any atom is 0.233 e. The zero-order valence-electron chi connectivity index (χ0n) is 13.5. The van der Waals surface area contributed by atoms with E-state index in [1.54, 1.807) is 17.0 Å². The zero-order valence-corrected chi connectivity index (χ0v) is 13.5. The Morgan fingerprint density at radius 3 is 2.57 bits per heavy atom. The average molecular weight is 321 g/mol. The lowest BCUT2D eigenvalue weighted by atomic mass is 9.72. The van der Waals surface area contributed by atoms with Crippen molar-refractivity contribution in [2.75, 3.05) is 26.3 Å². The van der Waals surface area contributed by atoms with Crippen LogP contribution in [0.3, 0.4) is 0 Å². The number of hydrogen-bond acceptors (Lipinski definition) is 3. The summed E-state index contributed by atoms with van der Waals surface area (Å²) in [6.45, 7) is 4.10. The van der Waals surface area contributed by atoms with E-state index < -0.39 is 11.5 Å². The van der Waals surface area contributed by atoms with E-state index >= 15 is 0 Å². The van der Waals surface area contributed by atoms with Crippen LogP contribution in [0.2, 0.25) is 0 Å². The molecule has 2 fully saturated rings. The van der Waals surface area contributed by atoms with Gasteiger partial charge in [0.1, 0.15) is 5.82 Å². The summed E-state index contributed by atoms with van der Waals surface area (Å²) in [5.41, 5.74) is 0.187. The van der Waals surface area contributed by atoms with Crippen molar-refractivity contribution >= 4 is 5.91 Å². The van der Waals surface area contributed by atoms with Crippen molar-refractivity contribution in [2.24, 2.45) is 5.92 Å². The van der Waals surface area contributed by atoms with Crippen LogP contribution in [0, 0.1) is 11.7 Å². The number of nitrogens with zero attached hydrogens (tertiary/aromatic N) is 1. The van der Waals surface area contributed by atoms with Crippen molar-refractivity contribution in [1.29, 1.82) is 0 Å². The number of hydrogen-bond donors (Lipinski definition) is 1. The number of carbonyl (C=O) groups excluding carboxylic acids is 1. The maximum atomic E-state index is 13.3. The van der Waals surface area contributed by atoms with Crippen molar-refractivity contribution in [1.82, 2.24) is 4.90 Å². The van der Waals surface area contributed by atoms with Crippen LogP contribution in [0.5, 0.6) is 0 Å². The van der Waals surface area contributed by atoms with Gasteiger partial charge in [-0.3, -0.25) is 4.79 Å². The zero-order chi connectivity index (χ0) is 16.4. The fraction of sp³-hybridized carbons (Fsp3) is 0.611. The lowest BCUT2D eigenvalue weighted by molar-refractivity contribution is -0.145. The van der Waals surface area contributed by atoms with Gasteiger partial charge >= 0.3 is 0 Å². The minimum absolute atomic E-state index is 0.0401. The number of piperidine rings is 1. The second-order valence-corrected chi connectivity index (χ2v) is 6.79. The molecule has 23 heavy (non-hydrogen) atoms. The van der Waals surface area contributed by atoms with E-state index in [-0.39, 0.29) is 17.6 Å². The molecule has 1 amide bonds. The first-order valence-corrected chi connectivity index (χ1v) is 8.34. The Bertz CT molecular complexity index is 554. The van der Waals surface area contributed by atoms with Crippen molar-refractivity contribution in [2.45, 2.75) is 37.7 Å². The van der Waals surface area contributed by atoms with E-state index in [0.29, 0.717) is 39.1 Å². The van der Waals surface area contributed by atoms with Gasteiger partial charge in [-0.25, -0.2) is 4.39 Å². The maximum absolute atomic E-state index is 13.3. The molecule has 2 unspecified atom stereocenters. The number of amides is 1. The van der Waals surface area contributed by atoms with Crippen molar-refractivity contribution in [3.05, 3.63) is 35.6 Å². The van der Waals surface area contributed by atoms with Gasteiger partial charge in [-0.05, 0) is 42.9 Å². The minimum Gasteiger partial charge on any atom is -0.391 e. The second-order valence-electron chi connectivity index (χ2n) is 6.79. The summed E-state index contributed by atoms with van der Waals surface area (Å²) in [7, 11) is 0. The molecular formula is C18H24FNO3. The number of ether oxygens (including phenoxy) is 1. The number of aliphatic hydroxyl groups is 1. The number of rotatable bonds is 2. The molecular weight excluding hydrogens is 297 g/mol. The number of carbonyl (C=O) groups is 1. The van der Waals surface area contributed by atoms with Crippen LogP contribution < -0.4 is 0 Å². The standard InChI is InChI=1S/C18H24FNO3/c1-13-6-9-20(12-16(13)21)17(22)18(7-10-23-11-8-18)14-2-4-15(19)5-3-14/h2-5,13,16,21H,6-12H2,1H3. The summed E-state index contributed by atoms with van der Waals surface area (Å²) >= 11 is 0. The van der Waals surface area contributed by atoms with Crippen LogP contribution in [0.4, 0.5) is 4.39 Å². The molecule has 2 aliphatic rings. The molecule has 2 aliphatic heterocycles. The molecule has 3 rings (SSSR count). The largest absolute Gasteiger partial charge is 0.391 e. The van der Waals surface area contributed by atoms with Crippen molar-refractivity contribution in [3.8, 4) is 0 Å². The number of β-amino-alcohol motifs (C(OH)–C–C–N with tert-alkyl or cyclic N) is 1. The summed E-state index contributed by atoms with van der Waals surface area (Å²) in [5, 5.41) is 10.1. The number of aliphatic hydroxyl groups excluding tert-OH is 1. The molecule has 0 bridgehead atoms. The highest BCUT2D eigenvalue weighted by atomic mass is 19.1. The third-order valence-corrected chi connectivity index (χ3v) is 5.36. The summed E-state index contributed by atoms with van der Waals surface area (Å²) in [6, 6.07) is 6.24. The van der Waals surface area contributed by atoms with E-state index in [4.69, 9.17) is 4.74 Å². The highest BCUT2D eigenvalue weighted by Gasteiger charge is 2.45. The number of halogens is 1. The summed E-state index contributed by atoms with van der Waals surface area (Å²) in [5.74, 6) is -0.0421. The molecule has 5 heteroatoms. The van der Waals surface area contributed by atoms with E-state index in [1.807, 2.05) is 6.92 Å². The predicted octanol–water partition coefficient (Wildman–Crippen LogP) is 2.10. The second kappa shape index (κ2) is 6.57. The smallest absolute Gasteiger partial charge is 0.233 e. The molecule has 1 aromatic carbocycles. The monoisotopic (exact) mass is 321 g/mol. The van der Waals surface area contributed by atoms with E-state index in [2.05, 4.69) is 0 Å². The first kappa shape index (κ1) is 16.4. The average Bonchev–Trinajstić information content (AvgIpc) is 2.58. The highest BCUT2D eigenvalue weighted by Crippen LogP contribution is 2.37. The molecule has 1 aromatic rings. The van der Waals surface area contributed by atoms with Crippen molar-refractivity contribution < 1.29 is 19.0 Å². The molecule has 2 heterocycles. The number of benzene rings is 1. The predicted molar refractivity (Wildman–Crippen MR) is 84.5 cm³/mol. The highest BCUT2D eigenvalue weighted by molar-refractivity contribution is 5.88. The molecule has 126 valence electrons. The third kappa shape index (κ3) is 3.12. The molecule has 2 atom stereocenters. The lowest BCUT2D eigenvalue weighted by Gasteiger charge is -2.43. The van der Waals surface area contributed by atoms with Gasteiger partial charge in [0.05, 0.1) is 11.5 Å². The normalized spacial score (nSPS) is 27.7. The molecule has 0 aliphatic carbocycles. The summed E-state index contributed by atoms with van der Waals surface area (Å²) in [4.78, 5) is 15.1. The van der Waals surface area contributed by atoms with Crippen LogP contribution in [0.25, 0.3) is 0 Å². The Morgan fingerprint density at radius 1 is 1.30 bits per heavy atom. The van der Waals surface area contributed by atoms with Gasteiger partial charge < -0.3 is 14.7 Å². The van der Waals surface area contributed by atoms with Gasteiger partial charge in [0, 0.05) is 26.3 Å². The van der Waals surface area contributed by atoms with Gasteiger partial charge in [-0.1, -0.05) is 19.1 Å². The van der Waals surface area contributed by atoms with Crippen LogP contribution in [-0.2, 0) is 14.9 Å². The molecule has 0 spiro atoms. The Morgan fingerprint density at radius 2 is 1.96 bits per heavy atom. The van der Waals surface area contributed by atoms with E-state index in [1.165, 1.54) is 12.1 Å². The quantitative estimate of drug-likeness (QED) is 0.907. The first-order chi connectivity index (χ1) is 11.0. The molecule has 2 saturated heterocycles. The van der Waals surface area contributed by atoms with Crippen LogP contribution in [0.1, 0.15) is 31.7 Å². The third-order valence-electron chi connectivity index (χ3n) is 5.36. The topological polar surface area (TPSA) is 49.8 Å². The molecule has 0 radical (unpaired) electrons. The molecule has 0 saturated carbocycles. The Kier molecular flexibility index (Phi) is 4.69.